The molecule has 0 unspecified atom stereocenters. The Kier molecular flexibility index (Phi) is 5.81. The highest BCUT2D eigenvalue weighted by atomic mass is 19.4. The van der Waals surface area contributed by atoms with Crippen molar-refractivity contribution >= 4 is 11.4 Å². The van der Waals surface area contributed by atoms with Crippen LogP contribution in [0.4, 0.5) is 18.9 Å². The van der Waals surface area contributed by atoms with Crippen LogP contribution in [0.5, 0.6) is 0 Å². The Morgan fingerprint density at radius 1 is 1.10 bits per heavy atom. The zero-order valence-electron chi connectivity index (χ0n) is 13.2. The minimum atomic E-state index is -4.30. The zero-order chi connectivity index (χ0) is 16.2. The predicted octanol–water partition coefficient (Wildman–Crippen LogP) is 5.20. The van der Waals surface area contributed by atoms with Gasteiger partial charge in [-0.3, -0.25) is 5.01 Å². The van der Waals surface area contributed by atoms with Crippen LogP contribution in [0.1, 0.15) is 39.7 Å². The Labute approximate surface area is 124 Å². The second kappa shape index (κ2) is 6.96. The average Bonchev–Trinajstić information content (AvgIpc) is 2.36. The molecule has 0 heterocycles. The molecule has 0 radical (unpaired) electrons. The molecule has 1 aromatic carbocycles. The second-order valence-electron chi connectivity index (χ2n) is 5.91. The highest BCUT2D eigenvalue weighted by Gasteiger charge is 2.30. The number of hydrazone groups is 1. The third kappa shape index (κ3) is 5.40. The molecule has 0 spiro atoms. The fourth-order valence-electron chi connectivity index (χ4n) is 1.93. The lowest BCUT2D eigenvalue weighted by atomic mass is 9.98. The molecule has 0 N–H and O–H groups in total. The molecule has 0 saturated carbocycles. The molecule has 0 saturated heterocycles. The molecule has 118 valence electrons. The third-order valence-corrected chi connectivity index (χ3v) is 3.13. The van der Waals surface area contributed by atoms with E-state index in [1.165, 1.54) is 12.1 Å². The molecule has 0 aliphatic heterocycles. The van der Waals surface area contributed by atoms with Gasteiger partial charge in [-0.05, 0) is 42.5 Å². The first-order valence-corrected chi connectivity index (χ1v) is 7.09. The summed E-state index contributed by atoms with van der Waals surface area (Å²) in [5, 5.41) is 6.18. The molecular weight excluding hydrogens is 277 g/mol. The van der Waals surface area contributed by atoms with Crippen LogP contribution < -0.4 is 5.01 Å². The fraction of sp³-hybridized carbons (Fsp3) is 0.562. The summed E-state index contributed by atoms with van der Waals surface area (Å²) in [6.45, 7) is 8.38. The van der Waals surface area contributed by atoms with E-state index in [9.17, 15) is 13.2 Å². The first kappa shape index (κ1) is 17.5. The zero-order valence-corrected chi connectivity index (χ0v) is 13.2. The maximum atomic E-state index is 12.5. The van der Waals surface area contributed by atoms with E-state index in [1.54, 1.807) is 12.1 Å². The number of hydrogen-bond donors (Lipinski definition) is 0. The second-order valence-corrected chi connectivity index (χ2v) is 5.91. The molecule has 0 amide bonds. The molecule has 1 aromatic rings. The lowest BCUT2D eigenvalue weighted by Crippen LogP contribution is -2.18. The van der Waals surface area contributed by atoms with Crippen molar-refractivity contribution in [3.8, 4) is 0 Å². The average molecular weight is 300 g/mol. The van der Waals surface area contributed by atoms with Gasteiger partial charge in [-0.15, -0.1) is 0 Å². The summed E-state index contributed by atoms with van der Waals surface area (Å²) < 4.78 is 37.6. The summed E-state index contributed by atoms with van der Waals surface area (Å²) >= 11 is 0. The van der Waals surface area contributed by atoms with Crippen LogP contribution in [-0.2, 0) is 6.18 Å². The molecule has 0 fully saturated rings. The van der Waals surface area contributed by atoms with Crippen molar-refractivity contribution in [2.75, 3.05) is 12.1 Å². The summed E-state index contributed by atoms with van der Waals surface area (Å²) in [6.07, 6.45) is -3.43. The van der Waals surface area contributed by atoms with Gasteiger partial charge in [0.25, 0.3) is 0 Å². The summed E-state index contributed by atoms with van der Waals surface area (Å²) in [6, 6.07) is 5.05. The number of hydrogen-bond acceptors (Lipinski definition) is 2. The lowest BCUT2D eigenvalue weighted by Gasteiger charge is -2.19. The van der Waals surface area contributed by atoms with Crippen molar-refractivity contribution < 1.29 is 13.2 Å². The first-order valence-electron chi connectivity index (χ1n) is 7.09. The van der Waals surface area contributed by atoms with Crippen LogP contribution >= 0.6 is 0 Å². The van der Waals surface area contributed by atoms with Gasteiger partial charge in [0.05, 0.1) is 11.3 Å². The van der Waals surface area contributed by atoms with Crippen LogP contribution in [0.2, 0.25) is 0 Å². The highest BCUT2D eigenvalue weighted by Crippen LogP contribution is 2.30. The van der Waals surface area contributed by atoms with Crippen molar-refractivity contribution in [2.45, 2.75) is 40.3 Å². The van der Waals surface area contributed by atoms with Gasteiger partial charge in [0, 0.05) is 12.8 Å². The van der Waals surface area contributed by atoms with E-state index in [4.69, 9.17) is 0 Å². The van der Waals surface area contributed by atoms with Gasteiger partial charge in [-0.25, -0.2) is 0 Å². The monoisotopic (exact) mass is 300 g/mol. The topological polar surface area (TPSA) is 15.6 Å². The van der Waals surface area contributed by atoms with Crippen molar-refractivity contribution in [3.05, 3.63) is 29.8 Å². The Morgan fingerprint density at radius 2 is 1.62 bits per heavy atom. The minimum Gasteiger partial charge on any atom is -0.269 e. The molecular formula is C16H23F3N2. The van der Waals surface area contributed by atoms with Crippen molar-refractivity contribution in [3.63, 3.8) is 0 Å². The largest absolute Gasteiger partial charge is 0.416 e. The molecule has 2 nitrogen and oxygen atoms in total. The molecule has 1 rings (SSSR count). The Bertz CT molecular complexity index is 473. The van der Waals surface area contributed by atoms with Crippen LogP contribution in [0.3, 0.4) is 0 Å². The van der Waals surface area contributed by atoms with Crippen LogP contribution in [0.15, 0.2) is 29.4 Å². The van der Waals surface area contributed by atoms with Crippen LogP contribution in [0, 0.1) is 11.8 Å². The number of anilines is 1. The molecule has 0 aliphatic rings. The molecule has 0 bridgehead atoms. The Balaban J connectivity index is 2.94. The first-order chi connectivity index (χ1) is 9.61. The molecule has 0 atom stereocenters. The number of benzene rings is 1. The van der Waals surface area contributed by atoms with Crippen molar-refractivity contribution in [1.82, 2.24) is 0 Å². The van der Waals surface area contributed by atoms with Crippen LogP contribution in [-0.4, -0.2) is 12.8 Å². The quantitative estimate of drug-likeness (QED) is 0.539. The number of nitrogens with zero attached hydrogens (tertiary/aromatic N) is 2. The van der Waals surface area contributed by atoms with Crippen molar-refractivity contribution in [2.24, 2.45) is 16.9 Å². The maximum Gasteiger partial charge on any atom is 0.416 e. The fourth-order valence-corrected chi connectivity index (χ4v) is 1.93. The number of halogens is 3. The van der Waals surface area contributed by atoms with Gasteiger partial charge < -0.3 is 0 Å². The predicted molar refractivity (Wildman–Crippen MR) is 81.6 cm³/mol. The van der Waals surface area contributed by atoms with Gasteiger partial charge in [0.15, 0.2) is 0 Å². The van der Waals surface area contributed by atoms with E-state index >= 15 is 0 Å². The standard InChI is InChI=1S/C16H23F3N2/c1-11(2)10-15(12(3)4)20-21(5)14-8-6-13(7-9-14)16(17,18)19/h6-9,11-12H,10H2,1-5H3/b20-15+. The summed E-state index contributed by atoms with van der Waals surface area (Å²) in [5.41, 5.74) is 1.05. The summed E-state index contributed by atoms with van der Waals surface area (Å²) in [4.78, 5) is 0. The third-order valence-electron chi connectivity index (χ3n) is 3.13. The van der Waals surface area contributed by atoms with Gasteiger partial charge in [0.2, 0.25) is 0 Å². The van der Waals surface area contributed by atoms with Gasteiger partial charge in [0.1, 0.15) is 0 Å². The number of alkyl halides is 3. The van der Waals surface area contributed by atoms with Gasteiger partial charge in [-0.1, -0.05) is 27.7 Å². The van der Waals surface area contributed by atoms with Gasteiger partial charge >= 0.3 is 6.18 Å². The number of rotatable bonds is 5. The lowest BCUT2D eigenvalue weighted by molar-refractivity contribution is -0.137. The highest BCUT2D eigenvalue weighted by molar-refractivity contribution is 5.87. The normalized spacial score (nSPS) is 13.1. The van der Waals surface area contributed by atoms with Crippen molar-refractivity contribution in [1.29, 1.82) is 0 Å². The van der Waals surface area contributed by atoms with E-state index in [1.807, 2.05) is 0 Å². The SMILES string of the molecule is CC(C)C/C(=N\N(C)c1ccc(C(F)(F)F)cc1)C(C)C. The van der Waals surface area contributed by atoms with E-state index < -0.39 is 11.7 Å². The van der Waals surface area contributed by atoms with E-state index in [-0.39, 0.29) is 0 Å². The molecule has 0 aliphatic carbocycles. The molecule has 5 heteroatoms. The van der Waals surface area contributed by atoms with E-state index in [2.05, 4.69) is 32.8 Å². The van der Waals surface area contributed by atoms with E-state index in [0.29, 0.717) is 17.5 Å². The Hall–Kier alpha value is -1.52. The van der Waals surface area contributed by atoms with Gasteiger partial charge in [-0.2, -0.15) is 18.3 Å². The Morgan fingerprint density at radius 3 is 2.00 bits per heavy atom. The van der Waals surface area contributed by atoms with Crippen LogP contribution in [0.25, 0.3) is 0 Å². The summed E-state index contributed by atoms with van der Waals surface area (Å²) in [7, 11) is 1.76. The summed E-state index contributed by atoms with van der Waals surface area (Å²) in [5.74, 6) is 0.802. The molecule has 21 heavy (non-hydrogen) atoms. The molecule has 0 aromatic heterocycles. The maximum absolute atomic E-state index is 12.5. The smallest absolute Gasteiger partial charge is 0.269 e. The van der Waals surface area contributed by atoms with E-state index in [0.717, 1.165) is 24.3 Å². The minimum absolute atomic E-state index is 0.310.